The molecule has 264 valence electrons. The van der Waals surface area contributed by atoms with E-state index in [0.29, 0.717) is 6.04 Å². The van der Waals surface area contributed by atoms with Crippen molar-refractivity contribution < 1.29 is 0 Å². The van der Waals surface area contributed by atoms with Crippen LogP contribution in [0, 0.1) is 0 Å². The Bertz CT molecular complexity index is 751. The van der Waals surface area contributed by atoms with Crippen LogP contribution in [0.2, 0.25) is 0 Å². The maximum absolute atomic E-state index is 4.50. The van der Waals surface area contributed by atoms with Crippen LogP contribution in [0.1, 0.15) is 200 Å². The second-order valence-corrected chi connectivity index (χ2v) is 13.7. The Kier molecular flexibility index (Phi) is 33.3. The molecule has 1 aliphatic heterocycles. The van der Waals surface area contributed by atoms with Crippen LogP contribution in [0.4, 0.5) is 0 Å². The summed E-state index contributed by atoms with van der Waals surface area (Å²) in [4.78, 5) is 4.50. The highest BCUT2D eigenvalue weighted by Gasteiger charge is 2.08. The lowest BCUT2D eigenvalue weighted by atomic mass is 9.99. The fourth-order valence-electron chi connectivity index (χ4n) is 6.26. The van der Waals surface area contributed by atoms with Gasteiger partial charge in [0.05, 0.1) is 0 Å². The lowest BCUT2D eigenvalue weighted by molar-refractivity contribution is 0.409. The molecule has 0 aliphatic carbocycles. The topological polar surface area (TPSA) is 24.4 Å². The van der Waals surface area contributed by atoms with Gasteiger partial charge in [-0.05, 0) is 96.4 Å². The Morgan fingerprint density at radius 2 is 0.978 bits per heavy atom. The number of rotatable bonds is 35. The third-order valence-electron chi connectivity index (χ3n) is 9.27. The van der Waals surface area contributed by atoms with E-state index < -0.39 is 0 Å². The Labute approximate surface area is 288 Å². The van der Waals surface area contributed by atoms with Crippen molar-refractivity contribution in [1.82, 2.24) is 5.32 Å². The number of nitrogens with zero attached hydrogens (tertiary/aromatic N) is 1. The third kappa shape index (κ3) is 31.0. The minimum Gasteiger partial charge on any atom is -0.314 e. The Balaban J connectivity index is 2.08. The summed E-state index contributed by atoms with van der Waals surface area (Å²) in [6.07, 6.45) is 61.4. The third-order valence-corrected chi connectivity index (χ3v) is 9.27. The van der Waals surface area contributed by atoms with Crippen molar-refractivity contribution in [3.05, 3.63) is 60.4 Å². The maximum atomic E-state index is 4.50. The van der Waals surface area contributed by atoms with E-state index in [1.54, 1.807) is 0 Å². The fourth-order valence-corrected chi connectivity index (χ4v) is 6.26. The molecule has 0 aromatic heterocycles. The summed E-state index contributed by atoms with van der Waals surface area (Å²) in [5.74, 6) is 0. The quantitative estimate of drug-likeness (QED) is 0.0544. The molecule has 0 aromatic rings. The van der Waals surface area contributed by atoms with Crippen LogP contribution < -0.4 is 5.32 Å². The normalized spacial score (nSPS) is 13.7. The first-order chi connectivity index (χ1) is 22.9. The van der Waals surface area contributed by atoms with Crippen LogP contribution in [0.3, 0.4) is 0 Å². The van der Waals surface area contributed by atoms with Crippen molar-refractivity contribution in [1.29, 1.82) is 0 Å². The number of aliphatic imine (C=N–C) groups is 1. The van der Waals surface area contributed by atoms with Crippen molar-refractivity contribution in [2.45, 2.75) is 206 Å². The van der Waals surface area contributed by atoms with Crippen LogP contribution in [0.15, 0.2) is 65.4 Å². The largest absolute Gasteiger partial charge is 0.314 e. The predicted octanol–water partition coefficient (Wildman–Crippen LogP) is 14.5. The maximum Gasteiger partial charge on any atom is 0.0364 e. The van der Waals surface area contributed by atoms with Crippen LogP contribution in [0.25, 0.3) is 0 Å². The van der Waals surface area contributed by atoms with Gasteiger partial charge < -0.3 is 5.32 Å². The van der Waals surface area contributed by atoms with Crippen LogP contribution in [0.5, 0.6) is 0 Å². The highest BCUT2D eigenvalue weighted by Crippen LogP contribution is 2.17. The Morgan fingerprint density at radius 1 is 0.543 bits per heavy atom. The van der Waals surface area contributed by atoms with Crippen LogP contribution in [-0.2, 0) is 0 Å². The van der Waals surface area contributed by atoms with Gasteiger partial charge in [0.1, 0.15) is 0 Å². The molecule has 1 aliphatic rings. The zero-order chi connectivity index (χ0) is 32.9. The van der Waals surface area contributed by atoms with Gasteiger partial charge in [0.25, 0.3) is 0 Å². The molecular formula is C44H78N2. The molecule has 0 atom stereocenters. The van der Waals surface area contributed by atoms with Gasteiger partial charge in [-0.15, -0.1) is 0 Å². The first kappa shape index (κ1) is 42.4. The minimum absolute atomic E-state index is 0.706. The molecule has 1 rings (SSSR count). The average molecular weight is 635 g/mol. The highest BCUT2D eigenvalue weighted by molar-refractivity contribution is 5.64. The lowest BCUT2D eigenvalue weighted by Crippen LogP contribution is -2.30. The molecule has 1 heterocycles. The molecular weight excluding hydrogens is 556 g/mol. The summed E-state index contributed by atoms with van der Waals surface area (Å²) in [5.41, 5.74) is 1.30. The van der Waals surface area contributed by atoms with Crippen molar-refractivity contribution in [2.75, 3.05) is 6.54 Å². The molecule has 0 spiro atoms. The van der Waals surface area contributed by atoms with Gasteiger partial charge in [-0.1, -0.05) is 158 Å². The van der Waals surface area contributed by atoms with E-state index in [1.165, 1.54) is 166 Å². The smallest absolute Gasteiger partial charge is 0.0364 e. The van der Waals surface area contributed by atoms with E-state index in [0.717, 1.165) is 32.2 Å². The lowest BCUT2D eigenvalue weighted by Gasteiger charge is -2.19. The van der Waals surface area contributed by atoms with Crippen molar-refractivity contribution in [2.24, 2.45) is 4.99 Å². The van der Waals surface area contributed by atoms with Gasteiger partial charge in [-0.2, -0.15) is 0 Å². The van der Waals surface area contributed by atoms with Crippen molar-refractivity contribution >= 4 is 6.21 Å². The summed E-state index contributed by atoms with van der Waals surface area (Å²) in [7, 11) is 0. The van der Waals surface area contributed by atoms with E-state index in [-0.39, 0.29) is 0 Å². The van der Waals surface area contributed by atoms with E-state index in [2.05, 4.69) is 78.8 Å². The van der Waals surface area contributed by atoms with Crippen molar-refractivity contribution in [3.8, 4) is 0 Å². The zero-order valence-corrected chi connectivity index (χ0v) is 31.0. The number of unbranched alkanes of at least 4 members (excludes halogenated alkanes) is 18. The second-order valence-electron chi connectivity index (χ2n) is 13.7. The molecule has 0 saturated heterocycles. The monoisotopic (exact) mass is 635 g/mol. The SMILES string of the molecule is CCCCC/C=C\C/C=C\CCCCCCCCC(CCCCCCCC/C=C\C/C=C\CCCCC)NCCCC1=CCC=N1. The number of allylic oxidation sites excluding steroid dienone is 10. The van der Waals surface area contributed by atoms with Gasteiger partial charge in [0.2, 0.25) is 0 Å². The van der Waals surface area contributed by atoms with E-state index >= 15 is 0 Å². The molecule has 46 heavy (non-hydrogen) atoms. The minimum atomic E-state index is 0.706. The molecule has 0 unspecified atom stereocenters. The molecule has 0 bridgehead atoms. The summed E-state index contributed by atoms with van der Waals surface area (Å²) in [6.45, 7) is 5.69. The first-order valence-corrected chi connectivity index (χ1v) is 20.4. The summed E-state index contributed by atoms with van der Waals surface area (Å²) in [5, 5.41) is 3.94. The molecule has 0 saturated carbocycles. The van der Waals surface area contributed by atoms with Gasteiger partial charge in [-0.25, -0.2) is 0 Å². The first-order valence-electron chi connectivity index (χ1n) is 20.4. The fraction of sp³-hybridized carbons (Fsp3) is 0.750. The molecule has 0 radical (unpaired) electrons. The van der Waals surface area contributed by atoms with Gasteiger partial charge >= 0.3 is 0 Å². The summed E-state index contributed by atoms with van der Waals surface area (Å²) < 4.78 is 0. The summed E-state index contributed by atoms with van der Waals surface area (Å²) >= 11 is 0. The van der Waals surface area contributed by atoms with Gasteiger partial charge in [-0.3, -0.25) is 4.99 Å². The summed E-state index contributed by atoms with van der Waals surface area (Å²) in [6, 6.07) is 0.706. The zero-order valence-electron chi connectivity index (χ0n) is 31.0. The number of hydrogen-bond acceptors (Lipinski definition) is 2. The molecule has 0 amide bonds. The van der Waals surface area contributed by atoms with Gasteiger partial charge in [0.15, 0.2) is 0 Å². The second kappa shape index (κ2) is 36.2. The average Bonchev–Trinajstić information content (AvgIpc) is 3.59. The Morgan fingerprint density at radius 3 is 1.41 bits per heavy atom. The number of nitrogens with one attached hydrogen (secondary N) is 1. The molecule has 0 aromatic carbocycles. The molecule has 0 fully saturated rings. The molecule has 2 nitrogen and oxygen atoms in total. The molecule has 1 N–H and O–H groups in total. The predicted molar refractivity (Wildman–Crippen MR) is 210 cm³/mol. The van der Waals surface area contributed by atoms with Crippen molar-refractivity contribution in [3.63, 3.8) is 0 Å². The molecule has 2 heteroatoms. The Hall–Kier alpha value is -1.67. The number of hydrogen-bond donors (Lipinski definition) is 1. The van der Waals surface area contributed by atoms with E-state index in [9.17, 15) is 0 Å². The highest BCUT2D eigenvalue weighted by atomic mass is 14.9. The van der Waals surface area contributed by atoms with Gasteiger partial charge in [0, 0.05) is 24.4 Å². The van der Waals surface area contributed by atoms with E-state index in [1.807, 2.05) is 6.21 Å². The van der Waals surface area contributed by atoms with Crippen LogP contribution >= 0.6 is 0 Å². The van der Waals surface area contributed by atoms with Crippen LogP contribution in [-0.4, -0.2) is 18.8 Å². The standard InChI is InChI=1S/C44H78N2/c1-3-5-7-9-11-13-15-17-19-21-23-25-27-29-31-33-37-43(45-41-35-39-44-40-36-42-46-44)38-34-32-30-28-26-24-22-20-18-16-14-12-10-8-6-4-2/h11-14,17-20,40,42-43,45H,3-10,15-16,21-39,41H2,1-2H3/b13-11-,14-12-,19-17-,20-18-. The van der Waals surface area contributed by atoms with E-state index in [4.69, 9.17) is 0 Å².